The fourth-order valence-corrected chi connectivity index (χ4v) is 1.64. The van der Waals surface area contributed by atoms with Crippen LogP contribution in [0.25, 0.3) is 0 Å². The number of nitrogens with two attached hydrogens (primary N) is 1. The van der Waals surface area contributed by atoms with Crippen LogP contribution in [0, 0.1) is 5.92 Å². The molecule has 3 N–H and O–H groups in total. The third-order valence-electron chi connectivity index (χ3n) is 2.76. The van der Waals surface area contributed by atoms with Crippen molar-refractivity contribution in [3.05, 3.63) is 0 Å². The number of nitrogens with one attached hydrogen (secondary N) is 1. The molecule has 0 bridgehead atoms. The Labute approximate surface area is 96.0 Å². The highest BCUT2D eigenvalue weighted by Gasteiger charge is 2.02. The first-order valence-electron chi connectivity index (χ1n) is 6.51. The van der Waals surface area contributed by atoms with E-state index in [0.29, 0.717) is 12.1 Å². The zero-order valence-electron chi connectivity index (χ0n) is 11.1. The second-order valence-corrected chi connectivity index (χ2v) is 5.30. The van der Waals surface area contributed by atoms with Crippen molar-refractivity contribution in [2.75, 3.05) is 6.54 Å². The zero-order chi connectivity index (χ0) is 11.7. The van der Waals surface area contributed by atoms with Crippen molar-refractivity contribution >= 4 is 0 Å². The maximum atomic E-state index is 5.72. The fraction of sp³-hybridized carbons (Fsp3) is 1.00. The molecule has 15 heavy (non-hydrogen) atoms. The highest BCUT2D eigenvalue weighted by molar-refractivity contribution is 4.64. The average Bonchev–Trinajstić information content (AvgIpc) is 2.13. The van der Waals surface area contributed by atoms with Crippen molar-refractivity contribution in [1.29, 1.82) is 0 Å². The molecule has 0 saturated carbocycles. The Morgan fingerprint density at radius 1 is 0.933 bits per heavy atom. The SMILES string of the molecule is CC(C)CCCCNC(C)CCC(C)N. The van der Waals surface area contributed by atoms with Crippen molar-refractivity contribution in [3.63, 3.8) is 0 Å². The quantitative estimate of drug-likeness (QED) is 0.579. The van der Waals surface area contributed by atoms with E-state index in [-0.39, 0.29) is 0 Å². The number of hydrogen-bond acceptors (Lipinski definition) is 2. The van der Waals surface area contributed by atoms with Crippen molar-refractivity contribution in [1.82, 2.24) is 5.32 Å². The molecule has 2 nitrogen and oxygen atoms in total. The molecule has 0 spiro atoms. The second-order valence-electron chi connectivity index (χ2n) is 5.30. The van der Waals surface area contributed by atoms with Gasteiger partial charge in [-0.25, -0.2) is 0 Å². The topological polar surface area (TPSA) is 38.0 Å². The largest absolute Gasteiger partial charge is 0.328 e. The molecule has 0 fully saturated rings. The van der Waals surface area contributed by atoms with Gasteiger partial charge in [-0.05, 0) is 45.6 Å². The summed E-state index contributed by atoms with van der Waals surface area (Å²) >= 11 is 0. The average molecular weight is 214 g/mol. The molecule has 0 aliphatic rings. The van der Waals surface area contributed by atoms with E-state index >= 15 is 0 Å². The summed E-state index contributed by atoms with van der Waals surface area (Å²) in [6, 6.07) is 0.963. The molecule has 0 aliphatic heterocycles. The monoisotopic (exact) mass is 214 g/mol. The van der Waals surface area contributed by atoms with E-state index in [9.17, 15) is 0 Å². The molecule has 0 aromatic carbocycles. The Hall–Kier alpha value is -0.0800. The van der Waals surface area contributed by atoms with Crippen LogP contribution in [0.1, 0.15) is 59.8 Å². The van der Waals surface area contributed by atoms with E-state index < -0.39 is 0 Å². The lowest BCUT2D eigenvalue weighted by molar-refractivity contribution is 0.455. The van der Waals surface area contributed by atoms with Crippen molar-refractivity contribution in [2.45, 2.75) is 71.9 Å². The molecule has 0 rings (SSSR count). The minimum atomic E-state index is 0.343. The van der Waals surface area contributed by atoms with Gasteiger partial charge in [0, 0.05) is 12.1 Å². The molecule has 0 aromatic rings. The summed E-state index contributed by atoms with van der Waals surface area (Å²) in [5.74, 6) is 0.848. The summed E-state index contributed by atoms with van der Waals surface area (Å²) in [4.78, 5) is 0. The molecule has 0 saturated heterocycles. The number of hydrogen-bond donors (Lipinski definition) is 2. The summed E-state index contributed by atoms with van der Waals surface area (Å²) in [5.41, 5.74) is 5.72. The minimum Gasteiger partial charge on any atom is -0.328 e. The molecule has 0 amide bonds. The Kier molecular flexibility index (Phi) is 9.12. The van der Waals surface area contributed by atoms with Crippen LogP contribution in [0.15, 0.2) is 0 Å². The van der Waals surface area contributed by atoms with Gasteiger partial charge in [0.25, 0.3) is 0 Å². The van der Waals surface area contributed by atoms with Crippen LogP contribution in [0.4, 0.5) is 0 Å². The molecular weight excluding hydrogens is 184 g/mol. The van der Waals surface area contributed by atoms with E-state index in [1.165, 1.54) is 25.7 Å². The first-order chi connectivity index (χ1) is 7.02. The minimum absolute atomic E-state index is 0.343. The Morgan fingerprint density at radius 3 is 2.13 bits per heavy atom. The maximum Gasteiger partial charge on any atom is 0.00393 e. The molecule has 2 heteroatoms. The number of unbranched alkanes of at least 4 members (excludes halogenated alkanes) is 1. The van der Waals surface area contributed by atoms with Crippen LogP contribution in [0.3, 0.4) is 0 Å². The lowest BCUT2D eigenvalue weighted by Gasteiger charge is -2.15. The lowest BCUT2D eigenvalue weighted by Crippen LogP contribution is -2.29. The van der Waals surface area contributed by atoms with Gasteiger partial charge in [0.05, 0.1) is 0 Å². The Morgan fingerprint density at radius 2 is 1.60 bits per heavy atom. The third-order valence-corrected chi connectivity index (χ3v) is 2.76. The van der Waals surface area contributed by atoms with Crippen LogP contribution >= 0.6 is 0 Å². The first kappa shape index (κ1) is 14.9. The summed E-state index contributed by atoms with van der Waals surface area (Å²) < 4.78 is 0. The lowest BCUT2D eigenvalue weighted by atomic mass is 10.1. The van der Waals surface area contributed by atoms with E-state index in [0.717, 1.165) is 18.9 Å². The van der Waals surface area contributed by atoms with Gasteiger partial charge in [-0.3, -0.25) is 0 Å². The van der Waals surface area contributed by atoms with E-state index in [1.54, 1.807) is 0 Å². The summed E-state index contributed by atoms with van der Waals surface area (Å²) in [5, 5.41) is 3.56. The van der Waals surface area contributed by atoms with Gasteiger partial charge in [0.1, 0.15) is 0 Å². The summed E-state index contributed by atoms with van der Waals surface area (Å²) in [6.07, 6.45) is 6.34. The van der Waals surface area contributed by atoms with Crippen molar-refractivity contribution < 1.29 is 0 Å². The van der Waals surface area contributed by atoms with Gasteiger partial charge in [-0.15, -0.1) is 0 Å². The van der Waals surface area contributed by atoms with Crippen LogP contribution in [-0.4, -0.2) is 18.6 Å². The van der Waals surface area contributed by atoms with Crippen LogP contribution < -0.4 is 11.1 Å². The van der Waals surface area contributed by atoms with Crippen molar-refractivity contribution in [3.8, 4) is 0 Å². The molecule has 2 unspecified atom stereocenters. The predicted molar refractivity (Wildman–Crippen MR) is 69.0 cm³/mol. The molecule has 0 aliphatic carbocycles. The van der Waals surface area contributed by atoms with Gasteiger partial charge in [-0.1, -0.05) is 26.7 Å². The summed E-state index contributed by atoms with van der Waals surface area (Å²) in [7, 11) is 0. The van der Waals surface area contributed by atoms with Crippen LogP contribution in [0.2, 0.25) is 0 Å². The fourth-order valence-electron chi connectivity index (χ4n) is 1.64. The highest BCUT2D eigenvalue weighted by atomic mass is 14.9. The first-order valence-corrected chi connectivity index (χ1v) is 6.51. The van der Waals surface area contributed by atoms with Crippen LogP contribution in [0.5, 0.6) is 0 Å². The third kappa shape index (κ3) is 11.8. The van der Waals surface area contributed by atoms with Crippen molar-refractivity contribution in [2.24, 2.45) is 11.7 Å². The van der Waals surface area contributed by atoms with E-state index in [1.807, 2.05) is 0 Å². The predicted octanol–water partition coefficient (Wildman–Crippen LogP) is 2.92. The van der Waals surface area contributed by atoms with E-state index in [2.05, 4.69) is 33.0 Å². The Bertz CT molecular complexity index is 132. The number of rotatable bonds is 9. The molecule has 92 valence electrons. The second kappa shape index (κ2) is 9.17. The molecule has 0 radical (unpaired) electrons. The van der Waals surface area contributed by atoms with Gasteiger partial charge in [-0.2, -0.15) is 0 Å². The van der Waals surface area contributed by atoms with Gasteiger partial charge >= 0.3 is 0 Å². The van der Waals surface area contributed by atoms with Gasteiger partial charge in [0.15, 0.2) is 0 Å². The standard InChI is InChI=1S/C13H30N2/c1-11(2)7-5-6-10-15-13(4)9-8-12(3)14/h11-13,15H,5-10,14H2,1-4H3. The molecule has 0 aromatic heterocycles. The maximum absolute atomic E-state index is 5.72. The highest BCUT2D eigenvalue weighted by Crippen LogP contribution is 2.05. The smallest absolute Gasteiger partial charge is 0.00393 e. The molecule has 0 heterocycles. The van der Waals surface area contributed by atoms with Crippen LogP contribution in [-0.2, 0) is 0 Å². The van der Waals surface area contributed by atoms with E-state index in [4.69, 9.17) is 5.73 Å². The molecule has 2 atom stereocenters. The summed E-state index contributed by atoms with van der Waals surface area (Å²) in [6.45, 7) is 10.1. The zero-order valence-corrected chi connectivity index (χ0v) is 11.1. The normalized spacial score (nSPS) is 15.6. The Balaban J connectivity index is 3.20. The van der Waals surface area contributed by atoms with Gasteiger partial charge < -0.3 is 11.1 Å². The molecular formula is C13H30N2. The van der Waals surface area contributed by atoms with Gasteiger partial charge in [0.2, 0.25) is 0 Å².